The van der Waals surface area contributed by atoms with Crippen molar-refractivity contribution < 1.29 is 4.79 Å². The number of ketones is 1. The molecule has 1 fully saturated rings. The Hall–Kier alpha value is -2.47. The zero-order chi connectivity index (χ0) is 20.0. The van der Waals surface area contributed by atoms with Crippen molar-refractivity contribution in [3.63, 3.8) is 0 Å². The second kappa shape index (κ2) is 8.34. The average Bonchev–Trinajstić information content (AvgIpc) is 3.05. The first-order chi connectivity index (χ1) is 14.1. The molecule has 0 saturated carbocycles. The average molecular weight is 424 g/mol. The van der Waals surface area contributed by atoms with E-state index in [0.29, 0.717) is 23.1 Å². The standard InChI is InChI=1S/C24H25N3O2.ClH/c1-25-13-15-26(16-14-25)11-6-12-27-22-18-8-3-4-9-19(18)23(28)21(22)17-7-2-5-10-20(17)24(27)29;/h2-5,7-10H,6,11-16H2,1H3;1H. The Morgan fingerprint density at radius 1 is 0.800 bits per heavy atom. The van der Waals surface area contributed by atoms with E-state index in [2.05, 4.69) is 16.8 Å². The number of pyridine rings is 1. The molecule has 0 N–H and O–H groups in total. The lowest BCUT2D eigenvalue weighted by Gasteiger charge is -2.32. The number of carbonyl (C=O) groups is 1. The molecule has 1 saturated heterocycles. The van der Waals surface area contributed by atoms with Crippen LogP contribution in [0, 0.1) is 0 Å². The Kier molecular flexibility index (Phi) is 5.78. The number of rotatable bonds is 4. The number of likely N-dealkylation sites (N-methyl/N-ethyl adjacent to an activating group) is 1. The lowest BCUT2D eigenvalue weighted by molar-refractivity contribution is 0.104. The predicted octanol–water partition coefficient (Wildman–Crippen LogP) is 3.27. The number of aromatic nitrogens is 1. The summed E-state index contributed by atoms with van der Waals surface area (Å²) in [4.78, 5) is 31.4. The van der Waals surface area contributed by atoms with Gasteiger partial charge in [-0.25, -0.2) is 0 Å². The van der Waals surface area contributed by atoms with Crippen LogP contribution < -0.4 is 5.56 Å². The molecule has 0 radical (unpaired) electrons. The summed E-state index contributed by atoms with van der Waals surface area (Å²) in [7, 11) is 2.16. The molecule has 1 aliphatic heterocycles. The third-order valence-corrected chi connectivity index (χ3v) is 6.28. The monoisotopic (exact) mass is 423 g/mol. The van der Waals surface area contributed by atoms with E-state index in [1.54, 1.807) is 0 Å². The van der Waals surface area contributed by atoms with Crippen LogP contribution in [0.15, 0.2) is 53.3 Å². The number of nitrogens with zero attached hydrogens (tertiary/aromatic N) is 3. The highest BCUT2D eigenvalue weighted by Gasteiger charge is 2.32. The van der Waals surface area contributed by atoms with Gasteiger partial charge < -0.3 is 14.4 Å². The molecule has 0 bridgehead atoms. The third kappa shape index (κ3) is 3.37. The van der Waals surface area contributed by atoms with Crippen molar-refractivity contribution >= 4 is 29.0 Å². The molecule has 0 atom stereocenters. The van der Waals surface area contributed by atoms with E-state index < -0.39 is 0 Å². The van der Waals surface area contributed by atoms with Crippen molar-refractivity contribution in [1.82, 2.24) is 14.4 Å². The molecule has 0 spiro atoms. The number of halogens is 1. The van der Waals surface area contributed by atoms with E-state index in [1.807, 2.05) is 53.1 Å². The molecule has 0 amide bonds. The Morgan fingerprint density at radius 2 is 1.43 bits per heavy atom. The van der Waals surface area contributed by atoms with E-state index in [4.69, 9.17) is 0 Å². The van der Waals surface area contributed by atoms with Gasteiger partial charge in [-0.15, -0.1) is 12.4 Å². The molecule has 2 heterocycles. The Morgan fingerprint density at radius 3 is 2.17 bits per heavy atom. The minimum atomic E-state index is 0. The maximum absolute atomic E-state index is 13.4. The first-order valence-electron chi connectivity index (χ1n) is 10.4. The van der Waals surface area contributed by atoms with Gasteiger partial charge in [0.15, 0.2) is 5.78 Å². The number of piperazine rings is 1. The molecular weight excluding hydrogens is 398 g/mol. The fourth-order valence-corrected chi connectivity index (χ4v) is 4.67. The van der Waals surface area contributed by atoms with Crippen LogP contribution in [0.4, 0.5) is 0 Å². The SMILES string of the molecule is CN1CCN(CCCn2c3c(c4ccccc4c2=O)C(=O)c2ccccc2-3)CC1.Cl. The van der Waals surface area contributed by atoms with Gasteiger partial charge in [-0.2, -0.15) is 0 Å². The van der Waals surface area contributed by atoms with Gasteiger partial charge >= 0.3 is 0 Å². The molecule has 3 aromatic rings. The summed E-state index contributed by atoms with van der Waals surface area (Å²) in [5.74, 6) is 0.0274. The molecule has 1 aromatic heterocycles. The fraction of sp³-hybridized carbons (Fsp3) is 0.333. The van der Waals surface area contributed by atoms with Crippen molar-refractivity contribution in [2.75, 3.05) is 39.8 Å². The van der Waals surface area contributed by atoms with Gasteiger partial charge in [-0.1, -0.05) is 42.5 Å². The molecule has 5 rings (SSSR count). The highest BCUT2D eigenvalue weighted by Crippen LogP contribution is 2.39. The molecular formula is C24H26ClN3O2. The van der Waals surface area contributed by atoms with Crippen molar-refractivity contribution in [3.8, 4) is 11.3 Å². The summed E-state index contributed by atoms with van der Waals surface area (Å²) < 4.78 is 1.84. The van der Waals surface area contributed by atoms with Gasteiger partial charge in [0.05, 0.1) is 11.3 Å². The number of hydrogen-bond acceptors (Lipinski definition) is 4. The number of fused-ring (bicyclic) bond motifs is 5. The van der Waals surface area contributed by atoms with Gasteiger partial charge in [0.1, 0.15) is 0 Å². The highest BCUT2D eigenvalue weighted by atomic mass is 35.5. The largest absolute Gasteiger partial charge is 0.307 e. The van der Waals surface area contributed by atoms with Crippen LogP contribution in [-0.4, -0.2) is 59.9 Å². The summed E-state index contributed by atoms with van der Waals surface area (Å²) in [6.07, 6.45) is 0.894. The number of carbonyl (C=O) groups excluding carboxylic acids is 1. The maximum Gasteiger partial charge on any atom is 0.258 e. The summed E-state index contributed by atoms with van der Waals surface area (Å²) in [6, 6.07) is 15.2. The van der Waals surface area contributed by atoms with Crippen LogP contribution in [-0.2, 0) is 6.54 Å². The Labute approximate surface area is 182 Å². The third-order valence-electron chi connectivity index (χ3n) is 6.28. The van der Waals surface area contributed by atoms with Crippen LogP contribution in [0.3, 0.4) is 0 Å². The van der Waals surface area contributed by atoms with E-state index in [0.717, 1.165) is 55.8 Å². The van der Waals surface area contributed by atoms with Crippen molar-refractivity contribution in [2.24, 2.45) is 0 Å². The van der Waals surface area contributed by atoms with E-state index in [1.165, 1.54) is 0 Å². The highest BCUT2D eigenvalue weighted by molar-refractivity contribution is 6.26. The van der Waals surface area contributed by atoms with Crippen LogP contribution in [0.25, 0.3) is 22.0 Å². The molecule has 1 aliphatic carbocycles. The van der Waals surface area contributed by atoms with E-state index in [-0.39, 0.29) is 23.7 Å². The fourth-order valence-electron chi connectivity index (χ4n) is 4.67. The van der Waals surface area contributed by atoms with Crippen molar-refractivity contribution in [1.29, 1.82) is 0 Å². The predicted molar refractivity (Wildman–Crippen MR) is 123 cm³/mol. The number of hydrogen-bond donors (Lipinski definition) is 0. The first-order valence-corrected chi connectivity index (χ1v) is 10.4. The van der Waals surface area contributed by atoms with Crippen LogP contribution in [0.5, 0.6) is 0 Å². The smallest absolute Gasteiger partial charge is 0.258 e. The molecule has 0 unspecified atom stereocenters. The topological polar surface area (TPSA) is 45.5 Å². The quantitative estimate of drug-likeness (QED) is 0.505. The van der Waals surface area contributed by atoms with Crippen LogP contribution in [0.1, 0.15) is 22.3 Å². The van der Waals surface area contributed by atoms with Gasteiger partial charge in [0.2, 0.25) is 0 Å². The van der Waals surface area contributed by atoms with Crippen molar-refractivity contribution in [2.45, 2.75) is 13.0 Å². The first kappa shape index (κ1) is 20.8. The van der Waals surface area contributed by atoms with Gasteiger partial charge in [-0.05, 0) is 26.1 Å². The van der Waals surface area contributed by atoms with Gasteiger partial charge in [0.25, 0.3) is 5.56 Å². The molecule has 2 aromatic carbocycles. The Bertz CT molecular complexity index is 1160. The Balaban J connectivity index is 0.00000218. The molecule has 156 valence electrons. The minimum absolute atomic E-state index is 0. The summed E-state index contributed by atoms with van der Waals surface area (Å²) in [5.41, 5.74) is 3.07. The molecule has 6 heteroatoms. The van der Waals surface area contributed by atoms with Crippen LogP contribution in [0.2, 0.25) is 0 Å². The van der Waals surface area contributed by atoms with E-state index >= 15 is 0 Å². The zero-order valence-corrected chi connectivity index (χ0v) is 18.0. The molecule has 2 aliphatic rings. The minimum Gasteiger partial charge on any atom is -0.307 e. The summed E-state index contributed by atoms with van der Waals surface area (Å²) >= 11 is 0. The van der Waals surface area contributed by atoms with Gasteiger partial charge in [0, 0.05) is 54.6 Å². The van der Waals surface area contributed by atoms with Crippen molar-refractivity contribution in [3.05, 3.63) is 70.0 Å². The molecule has 5 nitrogen and oxygen atoms in total. The van der Waals surface area contributed by atoms with Crippen LogP contribution >= 0.6 is 12.4 Å². The zero-order valence-electron chi connectivity index (χ0n) is 17.1. The second-order valence-electron chi connectivity index (χ2n) is 8.10. The molecule has 30 heavy (non-hydrogen) atoms. The lowest BCUT2D eigenvalue weighted by Crippen LogP contribution is -2.44. The number of benzene rings is 2. The lowest BCUT2D eigenvalue weighted by atomic mass is 10.0. The second-order valence-corrected chi connectivity index (χ2v) is 8.10. The summed E-state index contributed by atoms with van der Waals surface area (Å²) in [6.45, 7) is 5.92. The maximum atomic E-state index is 13.4. The van der Waals surface area contributed by atoms with Gasteiger partial charge in [-0.3, -0.25) is 9.59 Å². The summed E-state index contributed by atoms with van der Waals surface area (Å²) in [5, 5.41) is 1.40. The van der Waals surface area contributed by atoms with E-state index in [9.17, 15) is 9.59 Å². The normalized spacial score (nSPS) is 16.4.